The molecule has 0 bridgehead atoms. The molecule has 6 nitrogen and oxygen atoms in total. The van der Waals surface area contributed by atoms with E-state index in [1.807, 2.05) is 17.9 Å². The van der Waals surface area contributed by atoms with Crippen LogP contribution in [-0.4, -0.2) is 71.9 Å². The summed E-state index contributed by atoms with van der Waals surface area (Å²) >= 11 is 9.66. The monoisotopic (exact) mass is 470 g/mol. The number of benzene rings is 1. The van der Waals surface area contributed by atoms with E-state index in [0.29, 0.717) is 12.5 Å². The second kappa shape index (κ2) is 9.46. The molecule has 2 heterocycles. The van der Waals surface area contributed by atoms with Gasteiger partial charge < -0.3 is 15.5 Å². The quantitative estimate of drug-likeness (QED) is 0.734. The van der Waals surface area contributed by atoms with Crippen LogP contribution in [0.3, 0.4) is 0 Å². The van der Waals surface area contributed by atoms with Gasteiger partial charge in [0.1, 0.15) is 0 Å². The van der Waals surface area contributed by atoms with Gasteiger partial charge in [0.15, 0.2) is 0 Å². The highest BCUT2D eigenvalue weighted by atomic mass is 79.9. The van der Waals surface area contributed by atoms with Gasteiger partial charge in [-0.3, -0.25) is 9.69 Å². The Labute approximate surface area is 180 Å². The van der Waals surface area contributed by atoms with Gasteiger partial charge >= 0.3 is 6.03 Å². The fourth-order valence-corrected chi connectivity index (χ4v) is 4.86. The first-order chi connectivity index (χ1) is 13.3. The van der Waals surface area contributed by atoms with Crippen molar-refractivity contribution in [3.8, 4) is 0 Å². The van der Waals surface area contributed by atoms with Crippen LogP contribution in [0.25, 0.3) is 0 Å². The number of hydrogen-bond acceptors (Lipinski definition) is 3. The van der Waals surface area contributed by atoms with Gasteiger partial charge in [0.2, 0.25) is 5.91 Å². The zero-order valence-corrected chi connectivity index (χ0v) is 18.6. The van der Waals surface area contributed by atoms with E-state index in [1.54, 1.807) is 4.90 Å². The van der Waals surface area contributed by atoms with Crippen molar-refractivity contribution in [1.82, 2.24) is 14.7 Å². The van der Waals surface area contributed by atoms with Crippen LogP contribution in [-0.2, 0) is 11.2 Å². The third-order valence-electron chi connectivity index (χ3n) is 5.86. The Balaban J connectivity index is 1.43. The largest absolute Gasteiger partial charge is 0.351 e. The van der Waals surface area contributed by atoms with E-state index < -0.39 is 0 Å². The number of hydrogen-bond donors (Lipinski definition) is 1. The maximum atomic E-state index is 12.6. The van der Waals surface area contributed by atoms with E-state index >= 15 is 0 Å². The molecule has 0 aromatic heterocycles. The molecule has 0 saturated carbocycles. The summed E-state index contributed by atoms with van der Waals surface area (Å²) < 4.78 is 0.882. The third kappa shape index (κ3) is 5.19. The standard InChI is InChI=1S/C20H28BrClN4O2/c1-14-12-15(13-17(21)19(14)22)2-3-18(27)25-10-8-24(9-11-25)16-4-6-26(7-5-16)20(23)28/h12-13,16H,2-11H2,1H3,(H2,23,28). The fraction of sp³-hybridized carbons (Fsp3) is 0.600. The smallest absolute Gasteiger partial charge is 0.314 e. The fourth-order valence-electron chi connectivity index (χ4n) is 4.14. The highest BCUT2D eigenvalue weighted by molar-refractivity contribution is 9.10. The molecule has 2 N–H and O–H groups in total. The van der Waals surface area contributed by atoms with E-state index in [9.17, 15) is 9.59 Å². The zero-order valence-electron chi connectivity index (χ0n) is 16.3. The first-order valence-corrected chi connectivity index (χ1v) is 11.0. The van der Waals surface area contributed by atoms with Crippen molar-refractivity contribution in [1.29, 1.82) is 0 Å². The number of nitrogens with zero attached hydrogens (tertiary/aromatic N) is 3. The van der Waals surface area contributed by atoms with E-state index in [2.05, 4.69) is 26.9 Å². The molecule has 1 aromatic carbocycles. The lowest BCUT2D eigenvalue weighted by molar-refractivity contribution is -0.133. The minimum absolute atomic E-state index is 0.215. The molecule has 2 aliphatic rings. The van der Waals surface area contributed by atoms with Crippen LogP contribution in [0, 0.1) is 6.92 Å². The van der Waals surface area contributed by atoms with Crippen molar-refractivity contribution in [2.24, 2.45) is 5.73 Å². The maximum Gasteiger partial charge on any atom is 0.314 e. The number of primary amides is 1. The Morgan fingerprint density at radius 1 is 1.11 bits per heavy atom. The molecule has 3 rings (SSSR count). The van der Waals surface area contributed by atoms with Crippen LogP contribution < -0.4 is 5.73 Å². The molecular formula is C20H28BrClN4O2. The molecule has 2 saturated heterocycles. The molecule has 0 unspecified atom stereocenters. The lowest BCUT2D eigenvalue weighted by atomic mass is 10.0. The number of rotatable bonds is 4. The van der Waals surface area contributed by atoms with Gasteiger partial charge in [0.25, 0.3) is 0 Å². The molecule has 0 aliphatic carbocycles. The molecule has 1 aromatic rings. The van der Waals surface area contributed by atoms with Gasteiger partial charge in [-0.05, 0) is 59.3 Å². The number of halogens is 2. The minimum Gasteiger partial charge on any atom is -0.351 e. The number of urea groups is 1. The third-order valence-corrected chi connectivity index (χ3v) is 7.21. The molecule has 3 amide bonds. The number of aryl methyl sites for hydroxylation is 2. The van der Waals surface area contributed by atoms with Crippen molar-refractivity contribution in [2.45, 2.75) is 38.6 Å². The predicted octanol–water partition coefficient (Wildman–Crippen LogP) is 3.03. The number of piperidine rings is 1. The average molecular weight is 472 g/mol. The van der Waals surface area contributed by atoms with Crippen LogP contribution in [0.5, 0.6) is 0 Å². The summed E-state index contributed by atoms with van der Waals surface area (Å²) in [6.45, 7) is 6.80. The van der Waals surface area contributed by atoms with Crippen LogP contribution >= 0.6 is 27.5 Å². The lowest BCUT2D eigenvalue weighted by Gasteiger charge is -2.42. The van der Waals surface area contributed by atoms with Gasteiger partial charge in [0.05, 0.1) is 5.02 Å². The van der Waals surface area contributed by atoms with Crippen LogP contribution in [0.15, 0.2) is 16.6 Å². The number of piperazine rings is 1. The van der Waals surface area contributed by atoms with E-state index in [0.717, 1.165) is 79.2 Å². The summed E-state index contributed by atoms with van der Waals surface area (Å²) in [5.74, 6) is 0.215. The number of nitrogens with two attached hydrogens (primary N) is 1. The Morgan fingerprint density at radius 3 is 2.32 bits per heavy atom. The SMILES string of the molecule is Cc1cc(CCC(=O)N2CCN(C3CCN(C(N)=O)CC3)CC2)cc(Br)c1Cl. The number of amides is 3. The summed E-state index contributed by atoms with van der Waals surface area (Å²) in [5.41, 5.74) is 7.51. The van der Waals surface area contributed by atoms with E-state index in [4.69, 9.17) is 17.3 Å². The second-order valence-electron chi connectivity index (χ2n) is 7.68. The molecule has 0 radical (unpaired) electrons. The van der Waals surface area contributed by atoms with Gasteiger partial charge in [0, 0.05) is 56.2 Å². The van der Waals surface area contributed by atoms with E-state index in [1.165, 1.54) is 0 Å². The van der Waals surface area contributed by atoms with Crippen LogP contribution in [0.1, 0.15) is 30.4 Å². The molecule has 2 fully saturated rings. The second-order valence-corrected chi connectivity index (χ2v) is 8.91. The predicted molar refractivity (Wildman–Crippen MR) is 115 cm³/mol. The van der Waals surface area contributed by atoms with Gasteiger partial charge in [-0.1, -0.05) is 17.7 Å². The summed E-state index contributed by atoms with van der Waals surface area (Å²) in [6.07, 6.45) is 3.16. The summed E-state index contributed by atoms with van der Waals surface area (Å²) in [7, 11) is 0. The topological polar surface area (TPSA) is 69.9 Å². The highest BCUT2D eigenvalue weighted by Crippen LogP contribution is 2.28. The van der Waals surface area contributed by atoms with Crippen molar-refractivity contribution in [3.63, 3.8) is 0 Å². The summed E-state index contributed by atoms with van der Waals surface area (Å²) in [5, 5.41) is 0.730. The number of carbonyl (C=O) groups excluding carboxylic acids is 2. The number of likely N-dealkylation sites (tertiary alicyclic amines) is 1. The van der Waals surface area contributed by atoms with Crippen molar-refractivity contribution >= 4 is 39.5 Å². The molecule has 154 valence electrons. The first kappa shape index (κ1) is 21.4. The van der Waals surface area contributed by atoms with Crippen molar-refractivity contribution < 1.29 is 9.59 Å². The van der Waals surface area contributed by atoms with Crippen molar-refractivity contribution in [2.75, 3.05) is 39.3 Å². The molecular weight excluding hydrogens is 444 g/mol. The van der Waals surface area contributed by atoms with Gasteiger partial charge in [-0.25, -0.2) is 4.79 Å². The molecule has 8 heteroatoms. The zero-order chi connectivity index (χ0) is 20.3. The highest BCUT2D eigenvalue weighted by Gasteiger charge is 2.29. The van der Waals surface area contributed by atoms with Gasteiger partial charge in [-0.15, -0.1) is 0 Å². The lowest BCUT2D eigenvalue weighted by Crippen LogP contribution is -2.55. The Bertz CT molecular complexity index is 706. The first-order valence-electron chi connectivity index (χ1n) is 9.86. The molecule has 0 atom stereocenters. The Morgan fingerprint density at radius 2 is 1.75 bits per heavy atom. The molecule has 0 spiro atoms. The minimum atomic E-state index is -0.322. The normalized spacial score (nSPS) is 19.1. The molecule has 28 heavy (non-hydrogen) atoms. The average Bonchev–Trinajstić information content (AvgIpc) is 2.70. The van der Waals surface area contributed by atoms with E-state index in [-0.39, 0.29) is 11.9 Å². The van der Waals surface area contributed by atoms with Crippen LogP contribution in [0.4, 0.5) is 4.79 Å². The molecule has 2 aliphatic heterocycles. The van der Waals surface area contributed by atoms with Gasteiger partial charge in [-0.2, -0.15) is 0 Å². The Kier molecular flexibility index (Phi) is 7.23. The Hall–Kier alpha value is -1.31. The van der Waals surface area contributed by atoms with Crippen LogP contribution in [0.2, 0.25) is 5.02 Å². The summed E-state index contributed by atoms with van der Waals surface area (Å²) in [4.78, 5) is 30.0. The van der Waals surface area contributed by atoms with Crippen molar-refractivity contribution in [3.05, 3.63) is 32.8 Å². The maximum absolute atomic E-state index is 12.6. The number of carbonyl (C=O) groups is 2. The summed E-state index contributed by atoms with van der Waals surface area (Å²) in [6, 6.07) is 4.22.